The number of anilines is 1. The van der Waals surface area contributed by atoms with Gasteiger partial charge >= 0.3 is 6.03 Å². The van der Waals surface area contributed by atoms with Crippen LogP contribution in [-0.4, -0.2) is 17.1 Å². The number of nitrogens with two attached hydrogens (primary N) is 1. The molecule has 3 aromatic carbocycles. The highest BCUT2D eigenvalue weighted by Gasteiger charge is 2.14. The number of fused-ring (bicyclic) bond motifs is 1. The van der Waals surface area contributed by atoms with E-state index in [0.29, 0.717) is 29.1 Å². The lowest BCUT2D eigenvalue weighted by atomic mass is 10.1. The van der Waals surface area contributed by atoms with Crippen LogP contribution in [-0.2, 0) is 6.54 Å². The summed E-state index contributed by atoms with van der Waals surface area (Å²) < 4.78 is 5.48. The molecule has 0 bridgehead atoms. The molecule has 1 aromatic heterocycles. The number of hydrogen-bond acceptors (Lipinski definition) is 4. The normalized spacial score (nSPS) is 10.6. The number of carbonyl (C=O) groups is 2. The summed E-state index contributed by atoms with van der Waals surface area (Å²) in [6, 6.07) is 21.3. The monoisotopic (exact) mass is 386 g/mol. The van der Waals surface area contributed by atoms with Crippen molar-refractivity contribution in [2.45, 2.75) is 6.54 Å². The van der Waals surface area contributed by atoms with Gasteiger partial charge in [-0.25, -0.2) is 4.79 Å². The van der Waals surface area contributed by atoms with Crippen LogP contribution in [0.5, 0.6) is 0 Å². The molecule has 0 saturated heterocycles. The van der Waals surface area contributed by atoms with Crippen molar-refractivity contribution in [2.24, 2.45) is 5.73 Å². The van der Waals surface area contributed by atoms with Gasteiger partial charge in [0, 0.05) is 23.4 Å². The number of carbonyl (C=O) groups excluding carboxylic acids is 2. The van der Waals surface area contributed by atoms with Crippen LogP contribution in [0.25, 0.3) is 22.2 Å². The quantitative estimate of drug-likeness (QED) is 0.483. The molecule has 7 heteroatoms. The Kier molecular flexibility index (Phi) is 4.94. The molecule has 0 fully saturated rings. The van der Waals surface area contributed by atoms with Crippen LogP contribution in [0.15, 0.2) is 77.3 Å². The van der Waals surface area contributed by atoms with Crippen LogP contribution >= 0.6 is 0 Å². The fraction of sp³-hybridized carbons (Fsp3) is 0.0455. The molecule has 0 saturated carbocycles. The van der Waals surface area contributed by atoms with Crippen molar-refractivity contribution in [1.29, 1.82) is 0 Å². The Hall–Kier alpha value is -4.13. The highest BCUT2D eigenvalue weighted by atomic mass is 16.5. The van der Waals surface area contributed by atoms with E-state index >= 15 is 0 Å². The van der Waals surface area contributed by atoms with E-state index in [0.717, 1.165) is 16.5 Å². The molecule has 29 heavy (non-hydrogen) atoms. The number of hydrogen-bond donors (Lipinski definition) is 3. The third-order valence-electron chi connectivity index (χ3n) is 4.45. The van der Waals surface area contributed by atoms with Gasteiger partial charge < -0.3 is 20.9 Å². The average Bonchev–Trinajstić information content (AvgIpc) is 3.16. The van der Waals surface area contributed by atoms with Crippen LogP contribution in [0.3, 0.4) is 0 Å². The molecule has 4 rings (SSSR count). The number of nitrogens with zero attached hydrogens (tertiary/aromatic N) is 1. The fourth-order valence-corrected chi connectivity index (χ4v) is 3.01. The fourth-order valence-electron chi connectivity index (χ4n) is 3.01. The third kappa shape index (κ3) is 4.08. The highest BCUT2D eigenvalue weighted by molar-refractivity contribution is 6.01. The molecule has 144 valence electrons. The van der Waals surface area contributed by atoms with Gasteiger partial charge in [-0.3, -0.25) is 4.79 Å². The van der Waals surface area contributed by atoms with Crippen molar-refractivity contribution < 1.29 is 14.1 Å². The molecule has 0 radical (unpaired) electrons. The molecule has 0 aliphatic heterocycles. The standard InChI is InChI=1S/C22H18N4O3/c23-22(28)25-17-9-6-14(7-10-17)13-24-21(27)16-8-11-19-18(12-16)20(29-26-19)15-4-2-1-3-5-15/h1-12H,13H2,(H,24,27)(H3,23,25,28). The second-order valence-corrected chi connectivity index (χ2v) is 6.48. The van der Waals surface area contributed by atoms with Gasteiger partial charge in [-0.1, -0.05) is 47.6 Å². The number of primary amides is 1. The Labute approximate surface area is 166 Å². The van der Waals surface area contributed by atoms with Crippen molar-refractivity contribution in [3.8, 4) is 11.3 Å². The number of nitrogens with one attached hydrogen (secondary N) is 2. The molecular weight excluding hydrogens is 368 g/mol. The van der Waals surface area contributed by atoms with E-state index < -0.39 is 6.03 Å². The lowest BCUT2D eigenvalue weighted by molar-refractivity contribution is 0.0951. The molecule has 4 N–H and O–H groups in total. The van der Waals surface area contributed by atoms with Crippen molar-refractivity contribution in [2.75, 3.05) is 5.32 Å². The Morgan fingerprint density at radius 3 is 2.45 bits per heavy atom. The first kappa shape index (κ1) is 18.2. The van der Waals surface area contributed by atoms with Crippen molar-refractivity contribution >= 4 is 28.5 Å². The van der Waals surface area contributed by atoms with Crippen molar-refractivity contribution in [1.82, 2.24) is 10.5 Å². The first-order chi connectivity index (χ1) is 14.1. The van der Waals surface area contributed by atoms with Crippen molar-refractivity contribution in [3.05, 3.63) is 83.9 Å². The van der Waals surface area contributed by atoms with Gasteiger partial charge in [-0.15, -0.1) is 0 Å². The lowest BCUT2D eigenvalue weighted by Crippen LogP contribution is -2.22. The van der Waals surface area contributed by atoms with Gasteiger partial charge in [0.1, 0.15) is 5.52 Å². The summed E-state index contributed by atoms with van der Waals surface area (Å²) in [5, 5.41) is 10.2. The second kappa shape index (κ2) is 7.85. The van der Waals surface area contributed by atoms with Crippen LogP contribution < -0.4 is 16.4 Å². The molecule has 7 nitrogen and oxygen atoms in total. The number of benzene rings is 3. The topological polar surface area (TPSA) is 110 Å². The first-order valence-corrected chi connectivity index (χ1v) is 8.98. The maximum atomic E-state index is 12.6. The summed E-state index contributed by atoms with van der Waals surface area (Å²) >= 11 is 0. The minimum atomic E-state index is -0.620. The molecule has 1 heterocycles. The van der Waals surface area contributed by atoms with Gasteiger partial charge in [0.25, 0.3) is 5.91 Å². The molecule has 0 aliphatic carbocycles. The SMILES string of the molecule is NC(=O)Nc1ccc(CNC(=O)c2ccc3noc(-c4ccccc4)c3c2)cc1. The zero-order valence-electron chi connectivity index (χ0n) is 15.4. The van der Waals surface area contributed by atoms with E-state index in [-0.39, 0.29) is 5.91 Å². The minimum absolute atomic E-state index is 0.202. The maximum Gasteiger partial charge on any atom is 0.316 e. The van der Waals surface area contributed by atoms with E-state index in [2.05, 4.69) is 15.8 Å². The van der Waals surface area contributed by atoms with E-state index in [4.69, 9.17) is 10.3 Å². The smallest absolute Gasteiger partial charge is 0.316 e. The Balaban J connectivity index is 1.49. The van der Waals surface area contributed by atoms with Gasteiger partial charge in [0.05, 0.1) is 5.39 Å². The summed E-state index contributed by atoms with van der Waals surface area (Å²) in [7, 11) is 0. The predicted octanol–water partition coefficient (Wildman–Crippen LogP) is 3.92. The molecule has 4 aromatic rings. The largest absolute Gasteiger partial charge is 0.355 e. The molecule has 0 spiro atoms. The Morgan fingerprint density at radius 2 is 1.72 bits per heavy atom. The first-order valence-electron chi connectivity index (χ1n) is 8.98. The number of urea groups is 1. The molecular formula is C22H18N4O3. The second-order valence-electron chi connectivity index (χ2n) is 6.48. The highest BCUT2D eigenvalue weighted by Crippen LogP contribution is 2.29. The Bertz CT molecular complexity index is 1170. The van der Waals surface area contributed by atoms with Gasteiger partial charge in [0.15, 0.2) is 5.76 Å². The van der Waals surface area contributed by atoms with E-state index in [1.54, 1.807) is 30.3 Å². The molecule has 0 aliphatic rings. The maximum absolute atomic E-state index is 12.6. The van der Waals surface area contributed by atoms with Gasteiger partial charge in [-0.05, 0) is 35.9 Å². The van der Waals surface area contributed by atoms with E-state index in [1.807, 2.05) is 42.5 Å². The summed E-state index contributed by atoms with van der Waals surface area (Å²) in [6.07, 6.45) is 0. The van der Waals surface area contributed by atoms with Gasteiger partial charge in [0.2, 0.25) is 0 Å². The van der Waals surface area contributed by atoms with Crippen LogP contribution in [0.4, 0.5) is 10.5 Å². The number of aromatic nitrogens is 1. The average molecular weight is 386 g/mol. The third-order valence-corrected chi connectivity index (χ3v) is 4.45. The number of amides is 3. The summed E-state index contributed by atoms with van der Waals surface area (Å²) in [5.41, 5.74) is 8.69. The van der Waals surface area contributed by atoms with Crippen molar-refractivity contribution in [3.63, 3.8) is 0 Å². The lowest BCUT2D eigenvalue weighted by Gasteiger charge is -2.07. The molecule has 0 atom stereocenters. The zero-order chi connectivity index (χ0) is 20.2. The Morgan fingerprint density at radius 1 is 0.966 bits per heavy atom. The number of rotatable bonds is 5. The molecule has 0 unspecified atom stereocenters. The summed E-state index contributed by atoms with van der Waals surface area (Å²) in [6.45, 7) is 0.350. The van der Waals surface area contributed by atoms with E-state index in [1.165, 1.54) is 0 Å². The van der Waals surface area contributed by atoms with Crippen LogP contribution in [0.2, 0.25) is 0 Å². The van der Waals surface area contributed by atoms with Crippen LogP contribution in [0, 0.1) is 0 Å². The predicted molar refractivity (Wildman–Crippen MR) is 110 cm³/mol. The summed E-state index contributed by atoms with van der Waals surface area (Å²) in [5.74, 6) is 0.430. The van der Waals surface area contributed by atoms with E-state index in [9.17, 15) is 9.59 Å². The molecule has 3 amide bonds. The summed E-state index contributed by atoms with van der Waals surface area (Å²) in [4.78, 5) is 23.5. The minimum Gasteiger partial charge on any atom is -0.355 e. The van der Waals surface area contributed by atoms with Crippen LogP contribution in [0.1, 0.15) is 15.9 Å². The zero-order valence-corrected chi connectivity index (χ0v) is 15.4. The van der Waals surface area contributed by atoms with Gasteiger partial charge in [-0.2, -0.15) is 0 Å².